The van der Waals surface area contributed by atoms with Gasteiger partial charge in [-0.25, -0.2) is 4.39 Å². The van der Waals surface area contributed by atoms with Gasteiger partial charge in [0.2, 0.25) is 0 Å². The molecule has 1 aliphatic carbocycles. The fourth-order valence-corrected chi connectivity index (χ4v) is 2.23. The van der Waals surface area contributed by atoms with Gasteiger partial charge in [-0.05, 0) is 43.1 Å². The summed E-state index contributed by atoms with van der Waals surface area (Å²) < 4.78 is 15.4. The van der Waals surface area contributed by atoms with E-state index in [9.17, 15) is 9.18 Å². The third-order valence-electron chi connectivity index (χ3n) is 3.10. The van der Waals surface area contributed by atoms with Gasteiger partial charge in [0.05, 0.1) is 10.9 Å². The minimum atomic E-state index is -0.440. The molecule has 0 amide bonds. The zero-order chi connectivity index (χ0) is 12.0. The normalized spacial score (nSPS) is 15.4. The van der Waals surface area contributed by atoms with Gasteiger partial charge < -0.3 is 4.98 Å². The van der Waals surface area contributed by atoms with E-state index in [1.54, 1.807) is 6.07 Å². The number of nitrogens with zero attached hydrogens (tertiary/aromatic N) is 1. The SMILES string of the molecule is O=c1c2cccc(F)c2[nH]c(=S)n1CC1CC1. The van der Waals surface area contributed by atoms with Crippen molar-refractivity contribution in [3.63, 3.8) is 0 Å². The maximum Gasteiger partial charge on any atom is 0.262 e. The van der Waals surface area contributed by atoms with Gasteiger partial charge in [-0.2, -0.15) is 0 Å². The Morgan fingerprint density at radius 2 is 2.24 bits per heavy atom. The van der Waals surface area contributed by atoms with Gasteiger partial charge in [-0.15, -0.1) is 0 Å². The molecule has 0 radical (unpaired) electrons. The van der Waals surface area contributed by atoms with E-state index in [-0.39, 0.29) is 11.1 Å². The van der Waals surface area contributed by atoms with Crippen molar-refractivity contribution in [2.75, 3.05) is 0 Å². The number of benzene rings is 1. The van der Waals surface area contributed by atoms with E-state index >= 15 is 0 Å². The van der Waals surface area contributed by atoms with Gasteiger partial charge in [0, 0.05) is 6.54 Å². The lowest BCUT2D eigenvalue weighted by atomic mass is 10.2. The molecule has 5 heteroatoms. The predicted molar refractivity (Wildman–Crippen MR) is 66.1 cm³/mol. The number of aromatic nitrogens is 2. The Kier molecular flexibility index (Phi) is 2.36. The van der Waals surface area contributed by atoms with Crippen molar-refractivity contribution in [1.82, 2.24) is 9.55 Å². The van der Waals surface area contributed by atoms with Crippen molar-refractivity contribution >= 4 is 23.1 Å². The first-order valence-corrected chi connectivity index (χ1v) is 5.99. The van der Waals surface area contributed by atoms with Crippen molar-refractivity contribution in [3.05, 3.63) is 39.1 Å². The molecule has 1 fully saturated rings. The second kappa shape index (κ2) is 3.77. The van der Waals surface area contributed by atoms with Crippen molar-refractivity contribution in [1.29, 1.82) is 0 Å². The lowest BCUT2D eigenvalue weighted by Gasteiger charge is -2.07. The molecule has 1 aliphatic rings. The first-order valence-electron chi connectivity index (χ1n) is 5.58. The molecule has 3 rings (SSSR count). The van der Waals surface area contributed by atoms with Gasteiger partial charge in [0.1, 0.15) is 5.82 Å². The minimum absolute atomic E-state index is 0.199. The fraction of sp³-hybridized carbons (Fsp3) is 0.333. The number of hydrogen-bond acceptors (Lipinski definition) is 2. The van der Waals surface area contributed by atoms with E-state index in [4.69, 9.17) is 12.2 Å². The van der Waals surface area contributed by atoms with Crippen molar-refractivity contribution < 1.29 is 4.39 Å². The first kappa shape index (κ1) is 10.7. The molecule has 1 aromatic heterocycles. The summed E-state index contributed by atoms with van der Waals surface area (Å²) in [5.41, 5.74) is 0.00435. The van der Waals surface area contributed by atoms with E-state index in [2.05, 4.69) is 4.98 Å². The number of nitrogens with one attached hydrogen (secondary N) is 1. The highest BCUT2D eigenvalue weighted by atomic mass is 32.1. The van der Waals surface area contributed by atoms with Gasteiger partial charge >= 0.3 is 0 Å². The summed E-state index contributed by atoms with van der Waals surface area (Å²) in [6, 6.07) is 4.48. The van der Waals surface area contributed by atoms with E-state index in [1.807, 2.05) is 0 Å². The summed E-state index contributed by atoms with van der Waals surface area (Å²) in [5.74, 6) is 0.109. The summed E-state index contributed by atoms with van der Waals surface area (Å²) in [4.78, 5) is 15.0. The van der Waals surface area contributed by atoms with Crippen LogP contribution in [-0.2, 0) is 6.54 Å². The molecule has 1 aromatic carbocycles. The van der Waals surface area contributed by atoms with Crippen LogP contribution in [0, 0.1) is 16.5 Å². The van der Waals surface area contributed by atoms with E-state index in [1.165, 1.54) is 16.7 Å². The van der Waals surface area contributed by atoms with Crippen LogP contribution in [0.1, 0.15) is 12.8 Å². The first-order chi connectivity index (χ1) is 8.16. The Hall–Kier alpha value is -1.49. The zero-order valence-corrected chi connectivity index (χ0v) is 9.89. The van der Waals surface area contributed by atoms with Crippen LogP contribution in [0.3, 0.4) is 0 Å². The van der Waals surface area contributed by atoms with Crippen LogP contribution >= 0.6 is 12.2 Å². The molecule has 88 valence electrons. The number of fused-ring (bicyclic) bond motifs is 1. The Bertz CT molecular complexity index is 700. The highest BCUT2D eigenvalue weighted by Crippen LogP contribution is 2.30. The number of para-hydroxylation sites is 1. The molecule has 2 aromatic rings. The lowest BCUT2D eigenvalue weighted by molar-refractivity contribution is 0.589. The molecule has 0 bridgehead atoms. The number of H-pyrrole nitrogens is 1. The summed E-state index contributed by atoms with van der Waals surface area (Å²) in [5, 5.41) is 0.360. The maximum atomic E-state index is 13.5. The molecule has 0 aliphatic heterocycles. The topological polar surface area (TPSA) is 37.8 Å². The minimum Gasteiger partial charge on any atom is -0.329 e. The third kappa shape index (κ3) is 1.80. The average molecular weight is 250 g/mol. The highest BCUT2D eigenvalue weighted by molar-refractivity contribution is 7.71. The van der Waals surface area contributed by atoms with Crippen LogP contribution in [0.5, 0.6) is 0 Å². The van der Waals surface area contributed by atoms with E-state index in [0.29, 0.717) is 22.6 Å². The van der Waals surface area contributed by atoms with Crippen molar-refractivity contribution in [3.8, 4) is 0 Å². The molecule has 1 N–H and O–H groups in total. The lowest BCUT2D eigenvalue weighted by Crippen LogP contribution is -2.23. The summed E-state index contributed by atoms with van der Waals surface area (Å²) in [7, 11) is 0. The van der Waals surface area contributed by atoms with Gasteiger partial charge in [-0.3, -0.25) is 9.36 Å². The molecule has 1 heterocycles. The zero-order valence-electron chi connectivity index (χ0n) is 9.07. The summed E-state index contributed by atoms with van der Waals surface area (Å²) in [6.45, 7) is 0.640. The van der Waals surface area contributed by atoms with Gasteiger partial charge in [0.25, 0.3) is 5.56 Å². The second-order valence-electron chi connectivity index (χ2n) is 4.45. The van der Waals surface area contributed by atoms with Crippen molar-refractivity contribution in [2.24, 2.45) is 5.92 Å². The number of aromatic amines is 1. The van der Waals surface area contributed by atoms with Crippen LogP contribution in [0.25, 0.3) is 10.9 Å². The molecular weight excluding hydrogens is 239 g/mol. The van der Waals surface area contributed by atoms with Crippen LogP contribution in [0.2, 0.25) is 0 Å². The summed E-state index contributed by atoms with van der Waals surface area (Å²) >= 11 is 5.11. The average Bonchev–Trinajstić information content (AvgIpc) is 3.10. The number of halogens is 1. The Labute approximate surface area is 102 Å². The Balaban J connectivity index is 2.30. The quantitative estimate of drug-likeness (QED) is 0.832. The molecule has 3 nitrogen and oxygen atoms in total. The molecule has 1 saturated carbocycles. The predicted octanol–water partition coefficient (Wildman–Crippen LogP) is 2.61. The largest absolute Gasteiger partial charge is 0.329 e. The highest BCUT2D eigenvalue weighted by Gasteiger charge is 2.23. The molecular formula is C12H11FN2OS. The van der Waals surface area contributed by atoms with E-state index in [0.717, 1.165) is 12.8 Å². The molecule has 0 spiro atoms. The molecule has 0 atom stereocenters. The molecule has 17 heavy (non-hydrogen) atoms. The fourth-order valence-electron chi connectivity index (χ4n) is 1.97. The number of rotatable bonds is 2. The monoisotopic (exact) mass is 250 g/mol. The van der Waals surface area contributed by atoms with Crippen LogP contribution in [0.4, 0.5) is 4.39 Å². The van der Waals surface area contributed by atoms with Crippen LogP contribution in [0.15, 0.2) is 23.0 Å². The number of hydrogen-bond donors (Lipinski definition) is 1. The van der Waals surface area contributed by atoms with Gasteiger partial charge in [0.15, 0.2) is 4.77 Å². The van der Waals surface area contributed by atoms with Gasteiger partial charge in [-0.1, -0.05) is 6.07 Å². The standard InChI is InChI=1S/C12H11FN2OS/c13-9-3-1-2-8-10(9)14-12(17)15(11(8)16)6-7-4-5-7/h1-3,7H,4-6H2,(H,14,17). The third-order valence-corrected chi connectivity index (χ3v) is 3.43. The van der Waals surface area contributed by atoms with Crippen LogP contribution < -0.4 is 5.56 Å². The Morgan fingerprint density at radius 3 is 2.94 bits per heavy atom. The smallest absolute Gasteiger partial charge is 0.262 e. The second-order valence-corrected chi connectivity index (χ2v) is 4.84. The maximum absolute atomic E-state index is 13.5. The summed E-state index contributed by atoms with van der Waals surface area (Å²) in [6.07, 6.45) is 2.28. The van der Waals surface area contributed by atoms with Crippen molar-refractivity contribution in [2.45, 2.75) is 19.4 Å². The van der Waals surface area contributed by atoms with Crippen LogP contribution in [-0.4, -0.2) is 9.55 Å². The van der Waals surface area contributed by atoms with E-state index < -0.39 is 5.82 Å². The Morgan fingerprint density at radius 1 is 1.47 bits per heavy atom. The molecule has 0 unspecified atom stereocenters. The molecule has 0 saturated heterocycles.